The molecule has 0 aliphatic carbocycles. The van der Waals surface area contributed by atoms with Crippen LogP contribution >= 0.6 is 11.6 Å². The lowest BCUT2D eigenvalue weighted by atomic mass is 10.1. The van der Waals surface area contributed by atoms with Gasteiger partial charge >= 0.3 is 0 Å². The number of carbonyl (C=O) groups excluding carboxylic acids is 2. The van der Waals surface area contributed by atoms with E-state index in [1.165, 1.54) is 20.1 Å². The molecule has 4 nitrogen and oxygen atoms in total. The molecule has 0 saturated carbocycles. The number of methoxy groups -OCH3 is 1. The van der Waals surface area contributed by atoms with Gasteiger partial charge in [-0.05, 0) is 18.2 Å². The van der Waals surface area contributed by atoms with Gasteiger partial charge < -0.3 is 10.1 Å². The van der Waals surface area contributed by atoms with Gasteiger partial charge in [0.25, 0.3) is 0 Å². The zero-order valence-corrected chi connectivity index (χ0v) is 9.80. The van der Waals surface area contributed by atoms with Crippen molar-refractivity contribution in [3.8, 4) is 0 Å². The first-order valence-corrected chi connectivity index (χ1v) is 5.01. The number of ether oxygens (including phenoxy) is 1. The summed E-state index contributed by atoms with van der Waals surface area (Å²) in [5.74, 6) is -0.461. The molecule has 0 radical (unpaired) electrons. The number of ketones is 1. The fourth-order valence-electron chi connectivity index (χ4n) is 1.26. The fourth-order valence-corrected chi connectivity index (χ4v) is 1.43. The lowest BCUT2D eigenvalue weighted by Crippen LogP contribution is -2.13. The summed E-state index contributed by atoms with van der Waals surface area (Å²) in [5.41, 5.74) is 0.795. The first-order chi connectivity index (χ1) is 7.54. The lowest BCUT2D eigenvalue weighted by Gasteiger charge is -2.09. The van der Waals surface area contributed by atoms with Crippen LogP contribution < -0.4 is 5.32 Å². The Balaban J connectivity index is 3.06. The Hall–Kier alpha value is -1.39. The van der Waals surface area contributed by atoms with Crippen molar-refractivity contribution in [1.82, 2.24) is 0 Å². The fraction of sp³-hybridized carbons (Fsp3) is 0.273. The van der Waals surface area contributed by atoms with Crippen LogP contribution in [0.2, 0.25) is 5.02 Å². The molecule has 1 aromatic rings. The van der Waals surface area contributed by atoms with E-state index in [1.54, 1.807) is 12.1 Å². The Kier molecular flexibility index (Phi) is 4.46. The number of Topliss-reactive ketones (excluding diaryl/α,β-unsaturated/α-hetero) is 1. The molecule has 1 rings (SSSR count). The van der Waals surface area contributed by atoms with Crippen LogP contribution in [0.4, 0.5) is 5.69 Å². The largest absolute Gasteiger partial charge is 0.377 e. The molecule has 0 unspecified atom stereocenters. The first-order valence-electron chi connectivity index (χ1n) is 4.64. The number of benzene rings is 1. The van der Waals surface area contributed by atoms with Gasteiger partial charge in [-0.2, -0.15) is 0 Å². The topological polar surface area (TPSA) is 55.4 Å². The molecule has 0 aromatic heterocycles. The average molecular weight is 242 g/mol. The summed E-state index contributed by atoms with van der Waals surface area (Å²) < 4.78 is 4.75. The molecule has 0 spiro atoms. The van der Waals surface area contributed by atoms with Crippen LogP contribution in [0.5, 0.6) is 0 Å². The summed E-state index contributed by atoms with van der Waals surface area (Å²) in [5, 5.41) is 3.01. The Labute approximate surface area is 98.5 Å². The number of amides is 1. The van der Waals surface area contributed by atoms with Crippen molar-refractivity contribution in [1.29, 1.82) is 0 Å². The van der Waals surface area contributed by atoms with Gasteiger partial charge in [-0.1, -0.05) is 11.6 Å². The minimum absolute atomic E-state index is 0.0335. The van der Waals surface area contributed by atoms with Gasteiger partial charge in [-0.15, -0.1) is 0 Å². The molecule has 16 heavy (non-hydrogen) atoms. The van der Waals surface area contributed by atoms with E-state index in [2.05, 4.69) is 5.32 Å². The van der Waals surface area contributed by atoms with Crippen LogP contribution in [0.3, 0.4) is 0 Å². The van der Waals surface area contributed by atoms with E-state index in [1.807, 2.05) is 0 Å². The van der Waals surface area contributed by atoms with Crippen LogP contribution in [-0.4, -0.2) is 25.4 Å². The standard InChI is InChI=1S/C11H12ClNO3/c1-7(14)13-10-5-8(12)3-4-9(10)11(15)6-16-2/h3-5H,6H2,1-2H3,(H,13,14). The molecular formula is C11H12ClNO3. The number of hydrogen-bond donors (Lipinski definition) is 1. The third kappa shape index (κ3) is 3.32. The summed E-state index contributed by atoms with van der Waals surface area (Å²) >= 11 is 5.79. The quantitative estimate of drug-likeness (QED) is 0.822. The summed E-state index contributed by atoms with van der Waals surface area (Å²) in [6.07, 6.45) is 0. The Morgan fingerprint density at radius 1 is 1.44 bits per heavy atom. The number of anilines is 1. The molecule has 0 bridgehead atoms. The van der Waals surface area contributed by atoms with E-state index in [-0.39, 0.29) is 18.3 Å². The van der Waals surface area contributed by atoms with Crippen LogP contribution in [0.25, 0.3) is 0 Å². The Morgan fingerprint density at radius 3 is 2.69 bits per heavy atom. The Bertz CT molecular complexity index is 418. The van der Waals surface area contributed by atoms with E-state index in [9.17, 15) is 9.59 Å². The van der Waals surface area contributed by atoms with Gasteiger partial charge in [0.05, 0.1) is 5.69 Å². The van der Waals surface area contributed by atoms with Gasteiger partial charge in [0.2, 0.25) is 5.91 Å². The number of nitrogens with one attached hydrogen (secondary N) is 1. The maximum absolute atomic E-state index is 11.6. The van der Waals surface area contributed by atoms with Crippen molar-refractivity contribution in [2.24, 2.45) is 0 Å². The normalized spacial score (nSPS) is 9.94. The van der Waals surface area contributed by atoms with Crippen LogP contribution in [0.15, 0.2) is 18.2 Å². The number of rotatable bonds is 4. The minimum Gasteiger partial charge on any atom is -0.377 e. The minimum atomic E-state index is -0.256. The molecule has 0 saturated heterocycles. The number of halogens is 1. The smallest absolute Gasteiger partial charge is 0.221 e. The molecule has 0 atom stereocenters. The first kappa shape index (κ1) is 12.7. The zero-order chi connectivity index (χ0) is 12.1. The highest BCUT2D eigenvalue weighted by Gasteiger charge is 2.12. The van der Waals surface area contributed by atoms with E-state index in [0.29, 0.717) is 16.3 Å². The van der Waals surface area contributed by atoms with Crippen molar-refractivity contribution < 1.29 is 14.3 Å². The van der Waals surface area contributed by atoms with Gasteiger partial charge in [0, 0.05) is 24.6 Å². The highest BCUT2D eigenvalue weighted by Crippen LogP contribution is 2.21. The van der Waals surface area contributed by atoms with E-state index >= 15 is 0 Å². The average Bonchev–Trinajstić information content (AvgIpc) is 2.16. The number of carbonyl (C=O) groups is 2. The molecule has 0 heterocycles. The maximum atomic E-state index is 11.6. The molecule has 0 aliphatic heterocycles. The molecule has 1 N–H and O–H groups in total. The van der Waals surface area contributed by atoms with Gasteiger partial charge in [0.15, 0.2) is 5.78 Å². The highest BCUT2D eigenvalue weighted by atomic mass is 35.5. The second kappa shape index (κ2) is 5.63. The number of hydrogen-bond acceptors (Lipinski definition) is 3. The van der Waals surface area contributed by atoms with Crippen molar-refractivity contribution in [3.63, 3.8) is 0 Å². The van der Waals surface area contributed by atoms with E-state index in [4.69, 9.17) is 16.3 Å². The summed E-state index contributed by atoms with van der Waals surface area (Å²) in [4.78, 5) is 22.6. The summed E-state index contributed by atoms with van der Waals surface area (Å²) in [6, 6.07) is 4.69. The zero-order valence-electron chi connectivity index (χ0n) is 9.04. The molecular weight excluding hydrogens is 230 g/mol. The van der Waals surface area contributed by atoms with Gasteiger partial charge in [0.1, 0.15) is 6.61 Å². The second-order valence-electron chi connectivity index (χ2n) is 3.23. The van der Waals surface area contributed by atoms with E-state index < -0.39 is 0 Å². The Morgan fingerprint density at radius 2 is 2.12 bits per heavy atom. The molecule has 0 aliphatic rings. The third-order valence-corrected chi connectivity index (χ3v) is 2.10. The molecule has 5 heteroatoms. The maximum Gasteiger partial charge on any atom is 0.221 e. The SMILES string of the molecule is COCC(=O)c1ccc(Cl)cc1NC(C)=O. The van der Waals surface area contributed by atoms with Gasteiger partial charge in [-0.3, -0.25) is 9.59 Å². The van der Waals surface area contributed by atoms with Crippen molar-refractivity contribution >= 4 is 29.0 Å². The van der Waals surface area contributed by atoms with Gasteiger partial charge in [-0.25, -0.2) is 0 Å². The van der Waals surface area contributed by atoms with Crippen LogP contribution in [-0.2, 0) is 9.53 Å². The highest BCUT2D eigenvalue weighted by molar-refractivity contribution is 6.31. The second-order valence-corrected chi connectivity index (χ2v) is 3.66. The van der Waals surface area contributed by atoms with Crippen molar-refractivity contribution in [3.05, 3.63) is 28.8 Å². The third-order valence-electron chi connectivity index (χ3n) is 1.87. The van der Waals surface area contributed by atoms with Crippen LogP contribution in [0, 0.1) is 0 Å². The predicted octanol–water partition coefficient (Wildman–Crippen LogP) is 2.13. The molecule has 0 fully saturated rings. The molecule has 1 amide bonds. The van der Waals surface area contributed by atoms with Crippen molar-refractivity contribution in [2.75, 3.05) is 19.0 Å². The van der Waals surface area contributed by atoms with Crippen molar-refractivity contribution in [2.45, 2.75) is 6.92 Å². The predicted molar refractivity (Wildman–Crippen MR) is 62.0 cm³/mol. The summed E-state index contributed by atoms with van der Waals surface area (Å²) in [6.45, 7) is 1.33. The lowest BCUT2D eigenvalue weighted by molar-refractivity contribution is -0.114. The summed E-state index contributed by atoms with van der Waals surface area (Å²) in [7, 11) is 1.44. The molecule has 86 valence electrons. The van der Waals surface area contributed by atoms with E-state index in [0.717, 1.165) is 0 Å². The monoisotopic (exact) mass is 241 g/mol. The molecule has 1 aromatic carbocycles. The van der Waals surface area contributed by atoms with Crippen LogP contribution in [0.1, 0.15) is 17.3 Å².